The average Bonchev–Trinajstić information content (AvgIpc) is 3.34. The molecule has 2 fully saturated rings. The van der Waals surface area contributed by atoms with Crippen molar-refractivity contribution in [1.29, 1.82) is 0 Å². The van der Waals surface area contributed by atoms with Gasteiger partial charge in [-0.05, 0) is 67.7 Å². The number of nitrogens with two attached hydrogens (primary N) is 1. The molecule has 1 atom stereocenters. The lowest BCUT2D eigenvalue weighted by Gasteiger charge is -2.39. The second-order valence-electron chi connectivity index (χ2n) is 7.27. The summed E-state index contributed by atoms with van der Waals surface area (Å²) in [4.78, 5) is 2.64. The van der Waals surface area contributed by atoms with Gasteiger partial charge in [0.05, 0.1) is 0 Å². The van der Waals surface area contributed by atoms with E-state index in [4.69, 9.17) is 5.73 Å². The van der Waals surface area contributed by atoms with E-state index in [1.165, 1.54) is 44.3 Å². The fraction of sp³-hybridized carbons (Fsp3) is 0.684. The standard InChI is InChI=1S/C19H30N2/c1-14(2)15-9-11-21(12-10-15)19(13-20)18-6-4-3-5-17(18)16-7-8-16/h3-6,14-16,19H,7-13,20H2,1-2H3. The largest absolute Gasteiger partial charge is 0.329 e. The molecule has 0 spiro atoms. The second-order valence-corrected chi connectivity index (χ2v) is 7.27. The van der Waals surface area contributed by atoms with Crippen LogP contribution in [0.5, 0.6) is 0 Å². The molecule has 0 amide bonds. The van der Waals surface area contributed by atoms with Crippen molar-refractivity contribution in [2.45, 2.75) is 51.5 Å². The Morgan fingerprint density at radius 3 is 2.33 bits per heavy atom. The van der Waals surface area contributed by atoms with Crippen LogP contribution in [0.3, 0.4) is 0 Å². The third-order valence-corrected chi connectivity index (χ3v) is 5.55. The molecule has 1 aliphatic heterocycles. The van der Waals surface area contributed by atoms with Gasteiger partial charge in [0, 0.05) is 12.6 Å². The van der Waals surface area contributed by atoms with Gasteiger partial charge in [-0.1, -0.05) is 38.1 Å². The van der Waals surface area contributed by atoms with Crippen LogP contribution in [0.15, 0.2) is 24.3 Å². The molecule has 116 valence electrons. The van der Waals surface area contributed by atoms with E-state index in [0.717, 1.165) is 24.3 Å². The first-order valence-corrected chi connectivity index (χ1v) is 8.73. The second kappa shape index (κ2) is 6.50. The van der Waals surface area contributed by atoms with Gasteiger partial charge in [-0.25, -0.2) is 0 Å². The lowest BCUT2D eigenvalue weighted by Crippen LogP contribution is -2.41. The van der Waals surface area contributed by atoms with Gasteiger partial charge < -0.3 is 5.73 Å². The molecule has 1 aromatic rings. The molecule has 1 heterocycles. The predicted octanol–water partition coefficient (Wildman–Crippen LogP) is 3.93. The van der Waals surface area contributed by atoms with E-state index in [1.807, 2.05) is 0 Å². The van der Waals surface area contributed by atoms with Crippen LogP contribution in [0.2, 0.25) is 0 Å². The minimum atomic E-state index is 0.426. The lowest BCUT2D eigenvalue weighted by molar-refractivity contribution is 0.117. The number of hydrogen-bond acceptors (Lipinski definition) is 2. The molecule has 1 aromatic carbocycles. The van der Waals surface area contributed by atoms with Crippen LogP contribution in [0.1, 0.15) is 62.6 Å². The normalized spacial score (nSPS) is 22.7. The first-order chi connectivity index (χ1) is 10.2. The molecule has 2 N–H and O–H groups in total. The molecule has 1 unspecified atom stereocenters. The van der Waals surface area contributed by atoms with Crippen molar-refractivity contribution in [2.75, 3.05) is 19.6 Å². The Bertz CT molecular complexity index is 456. The molecule has 2 aliphatic rings. The van der Waals surface area contributed by atoms with Crippen LogP contribution in [0.25, 0.3) is 0 Å². The predicted molar refractivity (Wildman–Crippen MR) is 89.3 cm³/mol. The molecule has 1 saturated heterocycles. The highest BCUT2D eigenvalue weighted by Crippen LogP contribution is 2.44. The Labute approximate surface area is 129 Å². The van der Waals surface area contributed by atoms with Crippen LogP contribution >= 0.6 is 0 Å². The van der Waals surface area contributed by atoms with E-state index in [1.54, 1.807) is 5.56 Å². The highest BCUT2D eigenvalue weighted by Gasteiger charge is 2.31. The molecule has 0 aromatic heterocycles. The minimum Gasteiger partial charge on any atom is -0.329 e. The van der Waals surface area contributed by atoms with Crippen LogP contribution < -0.4 is 5.73 Å². The van der Waals surface area contributed by atoms with Gasteiger partial charge in [-0.3, -0.25) is 4.90 Å². The van der Waals surface area contributed by atoms with E-state index in [-0.39, 0.29) is 0 Å². The molecular formula is C19H30N2. The first kappa shape index (κ1) is 15.1. The summed E-state index contributed by atoms with van der Waals surface area (Å²) in [6.07, 6.45) is 5.40. The number of likely N-dealkylation sites (tertiary alicyclic amines) is 1. The SMILES string of the molecule is CC(C)C1CCN(C(CN)c2ccccc2C2CC2)CC1. The molecule has 21 heavy (non-hydrogen) atoms. The summed E-state index contributed by atoms with van der Waals surface area (Å²) in [5, 5.41) is 0. The zero-order chi connectivity index (χ0) is 14.8. The summed E-state index contributed by atoms with van der Waals surface area (Å²) in [5.74, 6) is 2.53. The smallest absolute Gasteiger partial charge is 0.0473 e. The van der Waals surface area contributed by atoms with Gasteiger partial charge in [0.25, 0.3) is 0 Å². The zero-order valence-corrected chi connectivity index (χ0v) is 13.6. The maximum atomic E-state index is 6.18. The van der Waals surface area contributed by atoms with E-state index in [2.05, 4.69) is 43.0 Å². The van der Waals surface area contributed by atoms with E-state index in [0.29, 0.717) is 6.04 Å². The number of nitrogens with zero attached hydrogens (tertiary/aromatic N) is 1. The Morgan fingerprint density at radius 1 is 1.10 bits per heavy atom. The first-order valence-electron chi connectivity index (χ1n) is 8.73. The van der Waals surface area contributed by atoms with E-state index >= 15 is 0 Å². The van der Waals surface area contributed by atoms with Gasteiger partial charge >= 0.3 is 0 Å². The fourth-order valence-electron chi connectivity index (χ4n) is 3.95. The van der Waals surface area contributed by atoms with Gasteiger partial charge in [-0.15, -0.1) is 0 Å². The van der Waals surface area contributed by atoms with Crippen molar-refractivity contribution >= 4 is 0 Å². The van der Waals surface area contributed by atoms with Crippen molar-refractivity contribution in [3.63, 3.8) is 0 Å². The van der Waals surface area contributed by atoms with Crippen molar-refractivity contribution in [2.24, 2.45) is 17.6 Å². The number of hydrogen-bond donors (Lipinski definition) is 1. The summed E-state index contributed by atoms with van der Waals surface area (Å²) < 4.78 is 0. The van der Waals surface area contributed by atoms with Gasteiger partial charge in [0.15, 0.2) is 0 Å². The van der Waals surface area contributed by atoms with Crippen LogP contribution in [-0.2, 0) is 0 Å². The van der Waals surface area contributed by atoms with Crippen molar-refractivity contribution < 1.29 is 0 Å². The van der Waals surface area contributed by atoms with Crippen LogP contribution in [0.4, 0.5) is 0 Å². The summed E-state index contributed by atoms with van der Waals surface area (Å²) in [6.45, 7) is 7.90. The summed E-state index contributed by atoms with van der Waals surface area (Å²) in [7, 11) is 0. The van der Waals surface area contributed by atoms with E-state index in [9.17, 15) is 0 Å². The topological polar surface area (TPSA) is 29.3 Å². The molecule has 0 radical (unpaired) electrons. The molecule has 3 rings (SSSR count). The van der Waals surface area contributed by atoms with Crippen LogP contribution in [-0.4, -0.2) is 24.5 Å². The third kappa shape index (κ3) is 3.32. The molecule has 2 nitrogen and oxygen atoms in total. The van der Waals surface area contributed by atoms with Crippen molar-refractivity contribution in [1.82, 2.24) is 4.90 Å². The van der Waals surface area contributed by atoms with E-state index < -0.39 is 0 Å². The summed E-state index contributed by atoms with van der Waals surface area (Å²) >= 11 is 0. The molecule has 0 bridgehead atoms. The Kier molecular flexibility index (Phi) is 4.66. The monoisotopic (exact) mass is 286 g/mol. The average molecular weight is 286 g/mol. The number of piperidine rings is 1. The van der Waals surface area contributed by atoms with Gasteiger partial charge in [0.1, 0.15) is 0 Å². The highest BCUT2D eigenvalue weighted by atomic mass is 15.2. The van der Waals surface area contributed by atoms with Crippen molar-refractivity contribution in [3.8, 4) is 0 Å². The van der Waals surface area contributed by atoms with Gasteiger partial charge in [-0.2, -0.15) is 0 Å². The quantitative estimate of drug-likeness (QED) is 0.888. The summed E-state index contributed by atoms with van der Waals surface area (Å²) in [6, 6.07) is 9.45. The Morgan fingerprint density at radius 2 is 1.76 bits per heavy atom. The molecular weight excluding hydrogens is 256 g/mol. The maximum Gasteiger partial charge on any atom is 0.0473 e. The fourth-order valence-corrected chi connectivity index (χ4v) is 3.95. The third-order valence-electron chi connectivity index (χ3n) is 5.55. The number of benzene rings is 1. The minimum absolute atomic E-state index is 0.426. The van der Waals surface area contributed by atoms with Crippen LogP contribution in [0, 0.1) is 11.8 Å². The lowest BCUT2D eigenvalue weighted by atomic mass is 9.85. The highest BCUT2D eigenvalue weighted by molar-refractivity contribution is 5.36. The Hall–Kier alpha value is -0.860. The number of rotatable bonds is 5. The zero-order valence-electron chi connectivity index (χ0n) is 13.6. The maximum absolute atomic E-state index is 6.18. The molecule has 1 aliphatic carbocycles. The van der Waals surface area contributed by atoms with Crippen molar-refractivity contribution in [3.05, 3.63) is 35.4 Å². The Balaban J connectivity index is 1.74. The summed E-state index contributed by atoms with van der Waals surface area (Å²) in [5.41, 5.74) is 9.25. The van der Waals surface area contributed by atoms with Gasteiger partial charge in [0.2, 0.25) is 0 Å². The molecule has 2 heteroatoms. The molecule has 1 saturated carbocycles.